The quantitative estimate of drug-likeness (QED) is 0.742. The molecule has 0 atom stereocenters. The van der Waals surface area contributed by atoms with E-state index >= 15 is 0 Å². The van der Waals surface area contributed by atoms with Crippen molar-refractivity contribution in [3.05, 3.63) is 20.4 Å². The third-order valence-corrected chi connectivity index (χ3v) is 3.96. The predicted octanol–water partition coefficient (Wildman–Crippen LogP) is 1.13. The molecule has 0 bridgehead atoms. The summed E-state index contributed by atoms with van der Waals surface area (Å²) in [6.07, 6.45) is 2.11. The number of piperidine rings is 1. The lowest BCUT2D eigenvalue weighted by molar-refractivity contribution is 0.199. The highest BCUT2D eigenvalue weighted by atomic mass is 16.2. The molecule has 0 radical (unpaired) electrons. The average molecular weight is 236 g/mol. The number of hydrogen-bond acceptors (Lipinski definition) is 4. The van der Waals surface area contributed by atoms with Gasteiger partial charge in [-0.2, -0.15) is 0 Å². The molecule has 2 rings (SSSR count). The summed E-state index contributed by atoms with van der Waals surface area (Å²) >= 11 is 0. The van der Waals surface area contributed by atoms with E-state index in [9.17, 15) is 9.59 Å². The second-order valence-corrected chi connectivity index (χ2v) is 6.05. The average Bonchev–Trinajstić information content (AvgIpc) is 2.28. The maximum Gasteiger partial charge on any atom is 0.253 e. The number of rotatable bonds is 1. The molecule has 94 valence electrons. The first-order chi connectivity index (χ1) is 7.82. The molecular formula is C13H20N2O2. The van der Waals surface area contributed by atoms with Crippen LogP contribution in [0.5, 0.6) is 0 Å². The van der Waals surface area contributed by atoms with Gasteiger partial charge in [-0.3, -0.25) is 9.59 Å². The van der Waals surface area contributed by atoms with E-state index in [0.29, 0.717) is 17.0 Å². The van der Waals surface area contributed by atoms with E-state index in [-0.39, 0.29) is 5.69 Å². The summed E-state index contributed by atoms with van der Waals surface area (Å²) in [5.41, 5.74) is 5.58. The molecular weight excluding hydrogens is 216 g/mol. The lowest BCUT2D eigenvalue weighted by atomic mass is 9.75. The highest BCUT2D eigenvalue weighted by molar-refractivity contribution is 5.72. The fraction of sp³-hybridized carbons (Fsp3) is 0.692. The van der Waals surface area contributed by atoms with Crippen LogP contribution >= 0.6 is 0 Å². The minimum atomic E-state index is -0.516. The van der Waals surface area contributed by atoms with E-state index in [1.165, 1.54) is 0 Å². The van der Waals surface area contributed by atoms with Crippen LogP contribution in [-0.2, 0) is 0 Å². The van der Waals surface area contributed by atoms with Gasteiger partial charge in [0.05, 0.1) is 0 Å². The van der Waals surface area contributed by atoms with E-state index in [1.807, 2.05) is 4.90 Å². The van der Waals surface area contributed by atoms with Crippen LogP contribution in [0.25, 0.3) is 0 Å². The molecule has 0 spiro atoms. The van der Waals surface area contributed by atoms with Crippen LogP contribution in [0.4, 0.5) is 11.4 Å². The van der Waals surface area contributed by atoms with Crippen molar-refractivity contribution < 1.29 is 0 Å². The molecule has 0 unspecified atom stereocenters. The van der Waals surface area contributed by atoms with Gasteiger partial charge in [0.15, 0.2) is 0 Å². The van der Waals surface area contributed by atoms with Gasteiger partial charge in [0, 0.05) is 13.1 Å². The van der Waals surface area contributed by atoms with Crippen LogP contribution in [0.3, 0.4) is 0 Å². The van der Waals surface area contributed by atoms with Gasteiger partial charge >= 0.3 is 0 Å². The number of nitrogen functional groups attached to an aromatic ring is 1. The third kappa shape index (κ3) is 1.96. The Hall–Kier alpha value is -1.32. The van der Waals surface area contributed by atoms with Crippen LogP contribution < -0.4 is 21.5 Å². The van der Waals surface area contributed by atoms with E-state index in [1.54, 1.807) is 0 Å². The van der Waals surface area contributed by atoms with Crippen LogP contribution in [0.1, 0.15) is 33.6 Å². The fourth-order valence-electron chi connectivity index (χ4n) is 2.68. The summed E-state index contributed by atoms with van der Waals surface area (Å²) in [4.78, 5) is 24.5. The minimum absolute atomic E-state index is 0.157. The third-order valence-electron chi connectivity index (χ3n) is 3.96. The van der Waals surface area contributed by atoms with Gasteiger partial charge in [-0.25, -0.2) is 0 Å². The highest BCUT2D eigenvalue weighted by Crippen LogP contribution is 2.35. The Morgan fingerprint density at radius 2 is 1.65 bits per heavy atom. The number of hydrogen-bond donors (Lipinski definition) is 1. The Labute approximate surface area is 101 Å². The molecule has 1 aliphatic heterocycles. The zero-order valence-electron chi connectivity index (χ0n) is 10.7. The van der Waals surface area contributed by atoms with Crippen molar-refractivity contribution in [2.45, 2.75) is 33.6 Å². The second kappa shape index (κ2) is 3.86. The van der Waals surface area contributed by atoms with Crippen molar-refractivity contribution in [3.8, 4) is 0 Å². The van der Waals surface area contributed by atoms with E-state index in [4.69, 9.17) is 5.73 Å². The Bertz CT molecular complexity index is 484. The maximum atomic E-state index is 11.4. The molecule has 1 saturated heterocycles. The van der Waals surface area contributed by atoms with E-state index in [2.05, 4.69) is 20.8 Å². The Morgan fingerprint density at radius 1 is 1.12 bits per heavy atom. The Kier molecular flexibility index (Phi) is 2.76. The molecule has 1 aliphatic rings. The molecule has 0 saturated carbocycles. The van der Waals surface area contributed by atoms with Gasteiger partial charge in [-0.05, 0) is 24.2 Å². The monoisotopic (exact) mass is 236 g/mol. The standard InChI is InChI=1S/C13H20N2O2/c1-13(2,3)8-4-6-15(7-5-8)10-9(14)11(16)12(10)17/h8H,4-7,14H2,1-3H3. The Morgan fingerprint density at radius 3 is 2.06 bits per heavy atom. The largest absolute Gasteiger partial charge is 0.394 e. The van der Waals surface area contributed by atoms with Crippen molar-refractivity contribution in [1.29, 1.82) is 0 Å². The van der Waals surface area contributed by atoms with Gasteiger partial charge < -0.3 is 10.6 Å². The summed E-state index contributed by atoms with van der Waals surface area (Å²) in [5.74, 6) is 0.673. The summed E-state index contributed by atoms with van der Waals surface area (Å²) in [6.45, 7) is 8.41. The van der Waals surface area contributed by atoms with Crippen LogP contribution in [0.15, 0.2) is 9.59 Å². The summed E-state index contributed by atoms with van der Waals surface area (Å²) in [7, 11) is 0. The van der Waals surface area contributed by atoms with Crippen molar-refractivity contribution >= 4 is 11.4 Å². The first-order valence-electron chi connectivity index (χ1n) is 6.16. The molecule has 17 heavy (non-hydrogen) atoms. The summed E-state index contributed by atoms with van der Waals surface area (Å²) in [6, 6.07) is 0. The van der Waals surface area contributed by atoms with Crippen molar-refractivity contribution in [1.82, 2.24) is 0 Å². The summed E-state index contributed by atoms with van der Waals surface area (Å²) in [5, 5.41) is 0. The second-order valence-electron chi connectivity index (χ2n) is 6.05. The zero-order valence-corrected chi connectivity index (χ0v) is 10.7. The molecule has 4 nitrogen and oxygen atoms in total. The molecule has 0 amide bonds. The molecule has 4 heteroatoms. The van der Waals surface area contributed by atoms with E-state index in [0.717, 1.165) is 25.9 Å². The first kappa shape index (κ1) is 12.1. The van der Waals surface area contributed by atoms with Crippen molar-refractivity contribution in [2.24, 2.45) is 11.3 Å². The molecule has 1 heterocycles. The topological polar surface area (TPSA) is 63.4 Å². The van der Waals surface area contributed by atoms with Crippen LogP contribution in [0, 0.1) is 11.3 Å². The van der Waals surface area contributed by atoms with Crippen LogP contribution in [0.2, 0.25) is 0 Å². The van der Waals surface area contributed by atoms with Crippen molar-refractivity contribution in [2.75, 3.05) is 23.7 Å². The fourth-order valence-corrected chi connectivity index (χ4v) is 2.68. The molecule has 1 aromatic rings. The molecule has 0 aromatic heterocycles. The predicted molar refractivity (Wildman–Crippen MR) is 70.2 cm³/mol. The van der Waals surface area contributed by atoms with Gasteiger partial charge in [0.2, 0.25) is 0 Å². The van der Waals surface area contributed by atoms with Crippen LogP contribution in [-0.4, -0.2) is 13.1 Å². The van der Waals surface area contributed by atoms with Gasteiger partial charge in [0.25, 0.3) is 10.9 Å². The smallest absolute Gasteiger partial charge is 0.253 e. The lowest BCUT2D eigenvalue weighted by Gasteiger charge is -2.40. The van der Waals surface area contributed by atoms with Gasteiger partial charge in [-0.15, -0.1) is 0 Å². The SMILES string of the molecule is CC(C)(C)C1CCN(c2c(N)c(=O)c2=O)CC1. The van der Waals surface area contributed by atoms with Gasteiger partial charge in [0.1, 0.15) is 11.4 Å². The number of nitrogens with zero attached hydrogens (tertiary/aromatic N) is 1. The van der Waals surface area contributed by atoms with E-state index < -0.39 is 10.9 Å². The molecule has 0 aliphatic carbocycles. The van der Waals surface area contributed by atoms with Crippen molar-refractivity contribution in [3.63, 3.8) is 0 Å². The summed E-state index contributed by atoms with van der Waals surface area (Å²) < 4.78 is 0. The highest BCUT2D eigenvalue weighted by Gasteiger charge is 2.32. The van der Waals surface area contributed by atoms with Gasteiger partial charge in [-0.1, -0.05) is 20.8 Å². The Balaban J connectivity index is 2.06. The molecule has 1 fully saturated rings. The first-order valence-corrected chi connectivity index (χ1v) is 6.16. The number of nitrogens with two attached hydrogens (primary N) is 1. The zero-order chi connectivity index (χ0) is 12.8. The molecule has 2 N–H and O–H groups in total. The molecule has 1 aromatic carbocycles. The lowest BCUT2D eigenvalue weighted by Crippen LogP contribution is -2.46. The number of anilines is 2. The minimum Gasteiger partial charge on any atom is -0.394 e. The maximum absolute atomic E-state index is 11.4. The normalized spacial score (nSPS) is 18.9.